The van der Waals surface area contributed by atoms with Gasteiger partial charge in [0, 0.05) is 6.08 Å². The number of allylic oxidation sites excluding steroid dienone is 2. The lowest BCUT2D eigenvalue weighted by Gasteiger charge is -2.05. The fourth-order valence-corrected chi connectivity index (χ4v) is 1.04. The lowest BCUT2D eigenvalue weighted by atomic mass is 10.0. The zero-order valence-electron chi connectivity index (χ0n) is 7.49. The summed E-state index contributed by atoms with van der Waals surface area (Å²) in [5.74, 6) is 0.355. The Morgan fingerprint density at radius 2 is 1.92 bits per heavy atom. The average molecular weight is 180 g/mol. The van der Waals surface area contributed by atoms with Gasteiger partial charge in [-0.25, -0.2) is 0 Å². The maximum absolute atomic E-state index is 11.6. The van der Waals surface area contributed by atoms with E-state index < -0.39 is 6.18 Å². The molecular weight excluding hydrogens is 165 g/mol. The second kappa shape index (κ2) is 5.22. The highest BCUT2D eigenvalue weighted by molar-refractivity contribution is 4.89. The maximum atomic E-state index is 11.6. The minimum atomic E-state index is -4.15. The molecule has 0 aliphatic rings. The van der Waals surface area contributed by atoms with E-state index in [-0.39, 0.29) is 0 Å². The molecule has 0 saturated carbocycles. The van der Waals surface area contributed by atoms with Gasteiger partial charge in [-0.1, -0.05) is 32.8 Å². The lowest BCUT2D eigenvalue weighted by Crippen LogP contribution is -2.01. The van der Waals surface area contributed by atoms with E-state index in [1.807, 2.05) is 13.8 Å². The van der Waals surface area contributed by atoms with Gasteiger partial charge in [-0.3, -0.25) is 0 Å². The molecule has 0 N–H and O–H groups in total. The van der Waals surface area contributed by atoms with Gasteiger partial charge in [0.05, 0.1) is 0 Å². The zero-order valence-corrected chi connectivity index (χ0v) is 7.49. The van der Waals surface area contributed by atoms with E-state index in [9.17, 15) is 13.2 Å². The molecule has 0 radical (unpaired) electrons. The smallest absolute Gasteiger partial charge is 0.167 e. The van der Waals surface area contributed by atoms with E-state index >= 15 is 0 Å². The van der Waals surface area contributed by atoms with Crippen LogP contribution in [-0.2, 0) is 0 Å². The predicted octanol–water partition coefficient (Wildman–Crippen LogP) is 3.93. The standard InChI is InChI=1S/C9H15F3/c1-3-5-8(2)6-4-7-9(10,11)12/h4,7-8H,3,5-6H2,1-2H3. The van der Waals surface area contributed by atoms with Gasteiger partial charge >= 0.3 is 6.18 Å². The van der Waals surface area contributed by atoms with Crippen molar-refractivity contribution in [2.24, 2.45) is 5.92 Å². The number of hydrogen-bond donors (Lipinski definition) is 0. The summed E-state index contributed by atoms with van der Waals surface area (Å²) >= 11 is 0. The van der Waals surface area contributed by atoms with Crippen LogP contribution in [0.2, 0.25) is 0 Å². The second-order valence-corrected chi connectivity index (χ2v) is 3.07. The highest BCUT2D eigenvalue weighted by Gasteiger charge is 2.21. The monoisotopic (exact) mass is 180 g/mol. The van der Waals surface area contributed by atoms with Crippen molar-refractivity contribution in [3.63, 3.8) is 0 Å². The van der Waals surface area contributed by atoms with Gasteiger partial charge in [0.25, 0.3) is 0 Å². The van der Waals surface area contributed by atoms with Crippen LogP contribution in [0.1, 0.15) is 33.1 Å². The van der Waals surface area contributed by atoms with Crippen molar-refractivity contribution in [3.8, 4) is 0 Å². The summed E-state index contributed by atoms with van der Waals surface area (Å²) < 4.78 is 34.8. The molecule has 1 unspecified atom stereocenters. The third-order valence-electron chi connectivity index (χ3n) is 1.63. The number of alkyl halides is 3. The molecule has 0 amide bonds. The Morgan fingerprint density at radius 1 is 1.33 bits per heavy atom. The maximum Gasteiger partial charge on any atom is 0.409 e. The van der Waals surface area contributed by atoms with E-state index in [0.717, 1.165) is 12.8 Å². The molecule has 0 rings (SSSR count). The van der Waals surface area contributed by atoms with Gasteiger partial charge in [-0.2, -0.15) is 13.2 Å². The highest BCUT2D eigenvalue weighted by atomic mass is 19.4. The molecule has 0 fully saturated rings. The normalized spacial score (nSPS) is 15.4. The largest absolute Gasteiger partial charge is 0.409 e. The van der Waals surface area contributed by atoms with Crippen LogP contribution in [0.15, 0.2) is 12.2 Å². The Kier molecular flexibility index (Phi) is 5.02. The van der Waals surface area contributed by atoms with Crippen molar-refractivity contribution in [2.75, 3.05) is 0 Å². The lowest BCUT2D eigenvalue weighted by molar-refractivity contribution is -0.0800. The Labute approximate surface area is 71.5 Å². The van der Waals surface area contributed by atoms with Crippen LogP contribution in [0.5, 0.6) is 0 Å². The first-order chi connectivity index (χ1) is 5.45. The van der Waals surface area contributed by atoms with Crippen LogP contribution in [-0.4, -0.2) is 6.18 Å². The van der Waals surface area contributed by atoms with E-state index in [0.29, 0.717) is 18.4 Å². The Hall–Kier alpha value is -0.470. The minimum absolute atomic E-state index is 0.319. The molecule has 1 atom stereocenters. The van der Waals surface area contributed by atoms with Gasteiger partial charge in [0.1, 0.15) is 0 Å². The summed E-state index contributed by atoms with van der Waals surface area (Å²) in [5, 5.41) is 0. The van der Waals surface area contributed by atoms with Gasteiger partial charge in [0.15, 0.2) is 0 Å². The Morgan fingerprint density at radius 3 is 2.33 bits per heavy atom. The van der Waals surface area contributed by atoms with Crippen LogP contribution >= 0.6 is 0 Å². The minimum Gasteiger partial charge on any atom is -0.167 e. The molecule has 0 bridgehead atoms. The summed E-state index contributed by atoms with van der Waals surface area (Å²) in [7, 11) is 0. The SMILES string of the molecule is CCCC(C)CC=CC(F)(F)F. The molecule has 0 aromatic rings. The fraction of sp³-hybridized carbons (Fsp3) is 0.778. The number of rotatable bonds is 4. The molecule has 0 nitrogen and oxygen atoms in total. The first-order valence-electron chi connectivity index (χ1n) is 4.20. The molecule has 12 heavy (non-hydrogen) atoms. The fourth-order valence-electron chi connectivity index (χ4n) is 1.04. The van der Waals surface area contributed by atoms with Gasteiger partial charge < -0.3 is 0 Å². The topological polar surface area (TPSA) is 0 Å². The molecular formula is C9H15F3. The van der Waals surface area contributed by atoms with Gasteiger partial charge in [-0.15, -0.1) is 0 Å². The quantitative estimate of drug-likeness (QED) is 0.575. The van der Waals surface area contributed by atoms with Crippen molar-refractivity contribution in [1.29, 1.82) is 0 Å². The van der Waals surface area contributed by atoms with Crippen molar-refractivity contribution >= 4 is 0 Å². The predicted molar refractivity (Wildman–Crippen MR) is 43.9 cm³/mol. The van der Waals surface area contributed by atoms with Crippen molar-refractivity contribution < 1.29 is 13.2 Å². The first kappa shape index (κ1) is 11.5. The van der Waals surface area contributed by atoms with Crippen LogP contribution < -0.4 is 0 Å². The van der Waals surface area contributed by atoms with Gasteiger partial charge in [0.2, 0.25) is 0 Å². The van der Waals surface area contributed by atoms with E-state index in [1.165, 1.54) is 6.08 Å². The average Bonchev–Trinajstić information content (AvgIpc) is 1.84. The molecule has 3 heteroatoms. The summed E-state index contributed by atoms with van der Waals surface area (Å²) in [6.07, 6.45) is -0.0814. The molecule has 0 saturated heterocycles. The molecule has 0 aliphatic carbocycles. The molecule has 0 aromatic heterocycles. The van der Waals surface area contributed by atoms with Crippen LogP contribution in [0.25, 0.3) is 0 Å². The molecule has 0 aliphatic heterocycles. The molecule has 0 spiro atoms. The molecule has 0 aromatic carbocycles. The van der Waals surface area contributed by atoms with Crippen LogP contribution in [0.4, 0.5) is 13.2 Å². The first-order valence-corrected chi connectivity index (χ1v) is 4.20. The van der Waals surface area contributed by atoms with Gasteiger partial charge in [-0.05, 0) is 12.3 Å². The Balaban J connectivity index is 3.60. The van der Waals surface area contributed by atoms with Crippen molar-refractivity contribution in [2.45, 2.75) is 39.3 Å². The second-order valence-electron chi connectivity index (χ2n) is 3.07. The third kappa shape index (κ3) is 7.63. The number of halogens is 3. The van der Waals surface area contributed by atoms with Crippen LogP contribution in [0, 0.1) is 5.92 Å². The van der Waals surface area contributed by atoms with E-state index in [4.69, 9.17) is 0 Å². The summed E-state index contributed by atoms with van der Waals surface area (Å²) in [4.78, 5) is 0. The zero-order chi connectivity index (χ0) is 9.61. The molecule has 72 valence electrons. The molecule has 0 heterocycles. The van der Waals surface area contributed by atoms with E-state index in [2.05, 4.69) is 0 Å². The highest BCUT2D eigenvalue weighted by Crippen LogP contribution is 2.18. The summed E-state index contributed by atoms with van der Waals surface area (Å²) in [6, 6.07) is 0. The number of hydrogen-bond acceptors (Lipinski definition) is 0. The Bertz CT molecular complexity index is 135. The summed E-state index contributed by atoms with van der Waals surface area (Å²) in [5.41, 5.74) is 0. The van der Waals surface area contributed by atoms with Crippen LogP contribution in [0.3, 0.4) is 0 Å². The van der Waals surface area contributed by atoms with E-state index in [1.54, 1.807) is 0 Å². The van der Waals surface area contributed by atoms with Crippen molar-refractivity contribution in [3.05, 3.63) is 12.2 Å². The third-order valence-corrected chi connectivity index (χ3v) is 1.63. The summed E-state index contributed by atoms with van der Waals surface area (Å²) in [6.45, 7) is 3.99. The van der Waals surface area contributed by atoms with Crippen molar-refractivity contribution in [1.82, 2.24) is 0 Å².